The third kappa shape index (κ3) is 5.51. The van der Waals surface area contributed by atoms with E-state index in [2.05, 4.69) is 20.2 Å². The van der Waals surface area contributed by atoms with E-state index in [0.717, 1.165) is 38.4 Å². The van der Waals surface area contributed by atoms with Crippen LogP contribution < -0.4 is 5.32 Å². The smallest absolute Gasteiger partial charge is 0.254 e. The van der Waals surface area contributed by atoms with E-state index in [1.807, 2.05) is 4.90 Å². The first-order chi connectivity index (χ1) is 14.1. The van der Waals surface area contributed by atoms with E-state index >= 15 is 0 Å². The number of aromatic nitrogens is 2. The molecule has 1 atom stereocenters. The van der Waals surface area contributed by atoms with Crippen LogP contribution in [-0.2, 0) is 9.53 Å². The molecule has 1 aromatic rings. The second-order valence-corrected chi connectivity index (χ2v) is 8.65. The van der Waals surface area contributed by atoms with Crippen LogP contribution in [0.25, 0.3) is 0 Å². The Labute approximate surface area is 172 Å². The van der Waals surface area contributed by atoms with Gasteiger partial charge in [-0.2, -0.15) is 0 Å². The zero-order chi connectivity index (χ0) is 20.2. The molecule has 2 amide bonds. The van der Waals surface area contributed by atoms with E-state index in [9.17, 15) is 9.59 Å². The molecule has 8 heteroatoms. The Hall–Kier alpha value is -2.06. The lowest BCUT2D eigenvalue weighted by atomic mass is 9.95. The molecular weight excluding hydrogens is 370 g/mol. The normalized spacial score (nSPS) is 24.0. The molecule has 1 aromatic heterocycles. The number of hydrogen-bond acceptors (Lipinski definition) is 6. The van der Waals surface area contributed by atoms with Gasteiger partial charge in [0, 0.05) is 32.4 Å². The van der Waals surface area contributed by atoms with Crippen LogP contribution >= 0.6 is 0 Å². The number of ether oxygens (including phenoxy) is 1. The highest BCUT2D eigenvalue weighted by molar-refractivity contribution is 5.94. The van der Waals surface area contributed by atoms with Crippen molar-refractivity contribution in [3.8, 4) is 0 Å². The van der Waals surface area contributed by atoms with Crippen LogP contribution in [-0.4, -0.2) is 83.6 Å². The van der Waals surface area contributed by atoms with E-state index in [1.165, 1.54) is 31.9 Å². The molecule has 1 aliphatic carbocycles. The summed E-state index contributed by atoms with van der Waals surface area (Å²) in [4.78, 5) is 37.1. The molecular formula is C21H31N5O3. The van der Waals surface area contributed by atoms with Crippen molar-refractivity contribution in [2.75, 3.05) is 45.9 Å². The molecule has 3 aliphatic rings. The molecule has 2 aliphatic heterocycles. The van der Waals surface area contributed by atoms with Gasteiger partial charge in [0.25, 0.3) is 5.91 Å². The van der Waals surface area contributed by atoms with Gasteiger partial charge in [-0.25, -0.2) is 9.97 Å². The van der Waals surface area contributed by atoms with Gasteiger partial charge in [-0.1, -0.05) is 0 Å². The molecule has 2 saturated heterocycles. The maximum absolute atomic E-state index is 12.4. The van der Waals surface area contributed by atoms with Crippen molar-refractivity contribution < 1.29 is 14.3 Å². The van der Waals surface area contributed by atoms with Crippen LogP contribution in [0.2, 0.25) is 0 Å². The fourth-order valence-corrected chi connectivity index (χ4v) is 4.22. The number of aryl methyl sites for hydroxylation is 1. The van der Waals surface area contributed by atoms with E-state index < -0.39 is 0 Å². The number of carbonyl (C=O) groups is 2. The Kier molecular flexibility index (Phi) is 6.40. The summed E-state index contributed by atoms with van der Waals surface area (Å²) in [5, 5.41) is 2.89. The van der Waals surface area contributed by atoms with Crippen molar-refractivity contribution in [3.05, 3.63) is 23.8 Å². The van der Waals surface area contributed by atoms with Gasteiger partial charge in [0.1, 0.15) is 12.9 Å². The van der Waals surface area contributed by atoms with Crippen molar-refractivity contribution in [1.29, 1.82) is 0 Å². The third-order valence-electron chi connectivity index (χ3n) is 6.26. The molecule has 29 heavy (non-hydrogen) atoms. The second-order valence-electron chi connectivity index (χ2n) is 8.65. The number of likely N-dealkylation sites (tertiary alicyclic amines) is 1. The van der Waals surface area contributed by atoms with E-state index in [4.69, 9.17) is 4.74 Å². The molecule has 0 bridgehead atoms. The van der Waals surface area contributed by atoms with Crippen molar-refractivity contribution in [1.82, 2.24) is 25.1 Å². The molecule has 1 unspecified atom stereocenters. The quantitative estimate of drug-likeness (QED) is 0.729. The Morgan fingerprint density at radius 2 is 1.97 bits per heavy atom. The van der Waals surface area contributed by atoms with Crippen molar-refractivity contribution in [3.63, 3.8) is 0 Å². The Morgan fingerprint density at radius 1 is 1.21 bits per heavy atom. The first kappa shape index (κ1) is 20.2. The van der Waals surface area contributed by atoms with Gasteiger partial charge in [-0.05, 0) is 57.5 Å². The Balaban J connectivity index is 1.22. The fourth-order valence-electron chi connectivity index (χ4n) is 4.22. The number of nitrogens with one attached hydrogen (secondary N) is 1. The van der Waals surface area contributed by atoms with Crippen LogP contribution in [0, 0.1) is 18.8 Å². The number of amides is 2. The summed E-state index contributed by atoms with van der Waals surface area (Å²) >= 11 is 0. The Bertz CT molecular complexity index is 731. The zero-order valence-electron chi connectivity index (χ0n) is 17.2. The largest absolute Gasteiger partial charge is 0.365 e. The lowest BCUT2D eigenvalue weighted by Crippen LogP contribution is -2.52. The first-order valence-corrected chi connectivity index (χ1v) is 10.7. The number of rotatable bonds is 7. The van der Waals surface area contributed by atoms with Gasteiger partial charge in [-0.3, -0.25) is 9.59 Å². The second kappa shape index (κ2) is 9.17. The van der Waals surface area contributed by atoms with E-state index in [-0.39, 0.29) is 24.5 Å². The predicted octanol–water partition coefficient (Wildman–Crippen LogP) is 0.864. The number of hydrogen-bond donors (Lipinski definition) is 1. The maximum atomic E-state index is 12.4. The molecule has 158 valence electrons. The lowest BCUT2D eigenvalue weighted by molar-refractivity contribution is -0.149. The topological polar surface area (TPSA) is 87.7 Å². The summed E-state index contributed by atoms with van der Waals surface area (Å²) in [6.07, 6.45) is 7.88. The minimum atomic E-state index is -0.210. The number of nitrogens with zero attached hydrogens (tertiary/aromatic N) is 4. The molecule has 0 aromatic carbocycles. The number of carbonyl (C=O) groups excluding carboxylic acids is 2. The molecule has 3 fully saturated rings. The SMILES string of the molecule is Cc1ncncc1C(=O)NCC1CN(CC2CCN(CC3CC3)CC2)C(=O)CO1. The van der Waals surface area contributed by atoms with Crippen molar-refractivity contribution in [2.45, 2.75) is 38.7 Å². The van der Waals surface area contributed by atoms with Gasteiger partial charge < -0.3 is 19.9 Å². The highest BCUT2D eigenvalue weighted by atomic mass is 16.5. The van der Waals surface area contributed by atoms with Crippen LogP contribution in [0.5, 0.6) is 0 Å². The summed E-state index contributed by atoms with van der Waals surface area (Å²) in [5.41, 5.74) is 1.11. The summed E-state index contributed by atoms with van der Waals surface area (Å²) in [5.74, 6) is 1.35. The lowest BCUT2D eigenvalue weighted by Gasteiger charge is -2.38. The van der Waals surface area contributed by atoms with Gasteiger partial charge in [0.15, 0.2) is 0 Å². The summed E-state index contributed by atoms with van der Waals surface area (Å²) in [6, 6.07) is 0. The van der Waals surface area contributed by atoms with Gasteiger partial charge >= 0.3 is 0 Å². The monoisotopic (exact) mass is 401 g/mol. The summed E-state index contributed by atoms with van der Waals surface area (Å²) < 4.78 is 5.65. The van der Waals surface area contributed by atoms with Crippen LogP contribution in [0.3, 0.4) is 0 Å². The molecule has 3 heterocycles. The average molecular weight is 402 g/mol. The summed E-state index contributed by atoms with van der Waals surface area (Å²) in [7, 11) is 0. The third-order valence-corrected chi connectivity index (χ3v) is 6.26. The van der Waals surface area contributed by atoms with Crippen LogP contribution in [0.1, 0.15) is 41.7 Å². The first-order valence-electron chi connectivity index (χ1n) is 10.7. The molecule has 1 saturated carbocycles. The highest BCUT2D eigenvalue weighted by Gasteiger charge is 2.31. The van der Waals surface area contributed by atoms with Crippen molar-refractivity contribution in [2.24, 2.45) is 11.8 Å². The highest BCUT2D eigenvalue weighted by Crippen LogP contribution is 2.31. The molecule has 0 radical (unpaired) electrons. The molecule has 0 spiro atoms. The van der Waals surface area contributed by atoms with Gasteiger partial charge in [0.2, 0.25) is 5.91 Å². The maximum Gasteiger partial charge on any atom is 0.254 e. The van der Waals surface area contributed by atoms with E-state index in [0.29, 0.717) is 30.3 Å². The van der Waals surface area contributed by atoms with Crippen LogP contribution in [0.15, 0.2) is 12.5 Å². The molecule has 1 N–H and O–H groups in total. The summed E-state index contributed by atoms with van der Waals surface area (Å²) in [6.45, 7) is 7.14. The molecule has 4 rings (SSSR count). The van der Waals surface area contributed by atoms with Gasteiger partial charge in [-0.15, -0.1) is 0 Å². The van der Waals surface area contributed by atoms with Gasteiger partial charge in [0.05, 0.1) is 17.4 Å². The number of piperidine rings is 1. The number of morpholine rings is 1. The predicted molar refractivity (Wildman–Crippen MR) is 107 cm³/mol. The van der Waals surface area contributed by atoms with E-state index in [1.54, 1.807) is 6.92 Å². The van der Waals surface area contributed by atoms with Crippen LogP contribution in [0.4, 0.5) is 0 Å². The zero-order valence-corrected chi connectivity index (χ0v) is 17.2. The fraction of sp³-hybridized carbons (Fsp3) is 0.714. The molecule has 8 nitrogen and oxygen atoms in total. The average Bonchev–Trinajstić information content (AvgIpc) is 3.54. The minimum Gasteiger partial charge on any atom is -0.365 e. The standard InChI is InChI=1S/C21H31N5O3/c1-15-19(9-22-14-24-15)21(28)23-8-18-12-26(20(27)13-29-18)11-17-4-6-25(7-5-17)10-16-2-3-16/h9,14,16-18H,2-8,10-13H2,1H3,(H,23,28). The van der Waals surface area contributed by atoms with Crippen molar-refractivity contribution >= 4 is 11.8 Å². The Morgan fingerprint density at radius 3 is 2.69 bits per heavy atom. The minimum absolute atomic E-state index is 0.0558.